The fourth-order valence-corrected chi connectivity index (χ4v) is 2.83. The molecule has 25 heavy (non-hydrogen) atoms. The van der Waals surface area contributed by atoms with Crippen LogP contribution in [0.15, 0.2) is 36.4 Å². The van der Waals surface area contributed by atoms with Crippen molar-refractivity contribution in [2.24, 2.45) is 0 Å². The Morgan fingerprint density at radius 3 is 2.72 bits per heavy atom. The van der Waals surface area contributed by atoms with Gasteiger partial charge in [-0.25, -0.2) is 0 Å². The Balaban J connectivity index is 1.68. The second kappa shape index (κ2) is 7.72. The summed E-state index contributed by atoms with van der Waals surface area (Å²) in [4.78, 5) is 10.5. The quantitative estimate of drug-likeness (QED) is 0.635. The van der Waals surface area contributed by atoms with Crippen LogP contribution < -0.4 is 14.8 Å². The summed E-state index contributed by atoms with van der Waals surface area (Å²) in [7, 11) is 0. The minimum absolute atomic E-state index is 0.0480. The predicted octanol–water partition coefficient (Wildman–Crippen LogP) is 4.26. The van der Waals surface area contributed by atoms with Crippen molar-refractivity contribution in [1.82, 2.24) is 5.32 Å². The summed E-state index contributed by atoms with van der Waals surface area (Å²) < 4.78 is 11.4. The van der Waals surface area contributed by atoms with Gasteiger partial charge in [0, 0.05) is 25.1 Å². The molecule has 132 valence electrons. The second-order valence-corrected chi connectivity index (χ2v) is 6.31. The van der Waals surface area contributed by atoms with Gasteiger partial charge < -0.3 is 14.8 Å². The summed E-state index contributed by atoms with van der Waals surface area (Å²) in [6.45, 7) is 3.83. The molecule has 0 spiro atoms. The van der Waals surface area contributed by atoms with Gasteiger partial charge in [-0.2, -0.15) is 0 Å². The van der Waals surface area contributed by atoms with Crippen molar-refractivity contribution in [3.05, 3.63) is 62.7 Å². The first-order valence-electron chi connectivity index (χ1n) is 8.10. The first-order valence-corrected chi connectivity index (χ1v) is 8.48. The summed E-state index contributed by atoms with van der Waals surface area (Å²) in [5.41, 5.74) is 1.79. The maximum Gasteiger partial charge on any atom is 0.288 e. The van der Waals surface area contributed by atoms with E-state index in [0.717, 1.165) is 29.0 Å². The molecule has 0 saturated heterocycles. The van der Waals surface area contributed by atoms with E-state index >= 15 is 0 Å². The van der Waals surface area contributed by atoms with E-state index in [1.807, 2.05) is 25.1 Å². The van der Waals surface area contributed by atoms with E-state index < -0.39 is 4.92 Å². The molecule has 0 fully saturated rings. The zero-order valence-electron chi connectivity index (χ0n) is 13.8. The molecule has 6 nitrogen and oxygen atoms in total. The number of hydrogen-bond acceptors (Lipinski definition) is 5. The molecular formula is C18H19ClN2O4. The van der Waals surface area contributed by atoms with E-state index in [-0.39, 0.29) is 16.8 Å². The molecule has 3 rings (SSSR count). The molecule has 1 heterocycles. The van der Waals surface area contributed by atoms with Gasteiger partial charge in [-0.05, 0) is 36.2 Å². The number of nitro groups is 1. The molecule has 7 heteroatoms. The van der Waals surface area contributed by atoms with Crippen molar-refractivity contribution in [3.63, 3.8) is 0 Å². The average Bonchev–Trinajstić information content (AvgIpc) is 2.85. The molecule has 0 amide bonds. The molecule has 2 aromatic rings. The predicted molar refractivity (Wildman–Crippen MR) is 95.4 cm³/mol. The van der Waals surface area contributed by atoms with Crippen LogP contribution in [-0.4, -0.2) is 18.1 Å². The highest BCUT2D eigenvalue weighted by atomic mass is 35.5. The molecule has 0 saturated carbocycles. The number of fused-ring (bicyclic) bond motifs is 1. The van der Waals surface area contributed by atoms with Crippen molar-refractivity contribution in [2.45, 2.75) is 25.9 Å². The lowest BCUT2D eigenvalue weighted by atomic mass is 10.1. The van der Waals surface area contributed by atoms with Crippen LogP contribution in [-0.2, 0) is 6.54 Å². The molecule has 1 aliphatic rings. The number of ether oxygens (including phenoxy) is 2. The number of halogens is 1. The number of benzene rings is 2. The Hall–Kier alpha value is -2.31. The van der Waals surface area contributed by atoms with Crippen molar-refractivity contribution >= 4 is 17.3 Å². The summed E-state index contributed by atoms with van der Waals surface area (Å²) in [5.74, 6) is 1.52. The highest BCUT2D eigenvalue weighted by Gasteiger charge is 2.15. The largest absolute Gasteiger partial charge is 0.490 e. The fourth-order valence-electron chi connectivity index (χ4n) is 2.65. The van der Waals surface area contributed by atoms with Gasteiger partial charge in [0.2, 0.25) is 0 Å². The van der Waals surface area contributed by atoms with Crippen LogP contribution in [0.1, 0.15) is 30.5 Å². The van der Waals surface area contributed by atoms with Gasteiger partial charge in [-0.3, -0.25) is 10.1 Å². The summed E-state index contributed by atoms with van der Waals surface area (Å²) in [5, 5.41) is 14.5. The molecule has 1 N–H and O–H groups in total. The van der Waals surface area contributed by atoms with Crippen LogP contribution in [0, 0.1) is 10.1 Å². The maximum atomic E-state index is 11.0. The second-order valence-electron chi connectivity index (χ2n) is 5.90. The number of nitrogens with one attached hydrogen (secondary N) is 1. The smallest absolute Gasteiger partial charge is 0.288 e. The first kappa shape index (κ1) is 17.5. The third-order valence-electron chi connectivity index (χ3n) is 4.09. The monoisotopic (exact) mass is 362 g/mol. The summed E-state index contributed by atoms with van der Waals surface area (Å²) in [6, 6.07) is 10.8. The minimum Gasteiger partial charge on any atom is -0.490 e. The van der Waals surface area contributed by atoms with E-state index in [4.69, 9.17) is 21.1 Å². The van der Waals surface area contributed by atoms with Gasteiger partial charge >= 0.3 is 0 Å². The lowest BCUT2D eigenvalue weighted by Crippen LogP contribution is -2.18. The Morgan fingerprint density at radius 1 is 1.20 bits per heavy atom. The third kappa shape index (κ3) is 4.21. The van der Waals surface area contributed by atoms with Crippen molar-refractivity contribution < 1.29 is 14.4 Å². The van der Waals surface area contributed by atoms with Crippen LogP contribution in [0.2, 0.25) is 5.02 Å². The zero-order valence-corrected chi connectivity index (χ0v) is 14.6. The SMILES string of the molecule is CC(NCc1ccc(Cl)c([N+](=O)[O-])c1)c1ccc2c(c1)OCCCO2. The molecule has 0 bridgehead atoms. The van der Waals surface area contributed by atoms with E-state index in [2.05, 4.69) is 5.32 Å². The van der Waals surface area contributed by atoms with Crippen LogP contribution in [0.4, 0.5) is 5.69 Å². The summed E-state index contributed by atoms with van der Waals surface area (Å²) in [6.07, 6.45) is 0.868. The summed E-state index contributed by atoms with van der Waals surface area (Å²) >= 11 is 5.84. The molecule has 1 unspecified atom stereocenters. The fraction of sp³-hybridized carbons (Fsp3) is 0.333. The van der Waals surface area contributed by atoms with Crippen molar-refractivity contribution in [3.8, 4) is 11.5 Å². The van der Waals surface area contributed by atoms with E-state index in [1.54, 1.807) is 12.1 Å². The van der Waals surface area contributed by atoms with Gasteiger partial charge in [-0.1, -0.05) is 23.7 Å². The minimum atomic E-state index is -0.473. The van der Waals surface area contributed by atoms with Gasteiger partial charge in [-0.15, -0.1) is 0 Å². The Labute approximate surface area is 150 Å². The van der Waals surface area contributed by atoms with E-state index in [9.17, 15) is 10.1 Å². The molecule has 2 aromatic carbocycles. The van der Waals surface area contributed by atoms with Gasteiger partial charge in [0.25, 0.3) is 5.69 Å². The molecule has 1 aliphatic heterocycles. The molecule has 0 radical (unpaired) electrons. The number of hydrogen-bond donors (Lipinski definition) is 1. The van der Waals surface area contributed by atoms with Crippen LogP contribution in [0.5, 0.6) is 11.5 Å². The highest BCUT2D eigenvalue weighted by Crippen LogP contribution is 2.32. The molecule has 0 aliphatic carbocycles. The van der Waals surface area contributed by atoms with Crippen LogP contribution in [0.3, 0.4) is 0 Å². The van der Waals surface area contributed by atoms with Gasteiger partial charge in [0.1, 0.15) is 5.02 Å². The Kier molecular flexibility index (Phi) is 5.40. The zero-order chi connectivity index (χ0) is 17.8. The Bertz CT molecular complexity index is 782. The molecular weight excluding hydrogens is 344 g/mol. The standard InChI is InChI=1S/C18H19ClN2O4/c1-12(14-4-6-17-18(10-14)25-8-2-7-24-17)20-11-13-3-5-15(19)16(9-13)21(22)23/h3-6,9-10,12,20H,2,7-8,11H2,1H3. The number of nitrogens with zero attached hydrogens (tertiary/aromatic N) is 1. The van der Waals surface area contributed by atoms with E-state index in [1.165, 1.54) is 6.07 Å². The van der Waals surface area contributed by atoms with Crippen LogP contribution >= 0.6 is 11.6 Å². The number of nitro benzene ring substituents is 1. The van der Waals surface area contributed by atoms with Gasteiger partial charge in [0.15, 0.2) is 11.5 Å². The average molecular weight is 363 g/mol. The lowest BCUT2D eigenvalue weighted by molar-refractivity contribution is -0.384. The van der Waals surface area contributed by atoms with Crippen molar-refractivity contribution in [2.75, 3.05) is 13.2 Å². The topological polar surface area (TPSA) is 73.6 Å². The number of rotatable bonds is 5. The lowest BCUT2D eigenvalue weighted by Gasteiger charge is -2.16. The van der Waals surface area contributed by atoms with E-state index in [0.29, 0.717) is 19.8 Å². The van der Waals surface area contributed by atoms with Crippen LogP contribution in [0.25, 0.3) is 0 Å². The molecule has 1 atom stereocenters. The normalized spacial score (nSPS) is 14.6. The highest BCUT2D eigenvalue weighted by molar-refractivity contribution is 6.32. The third-order valence-corrected chi connectivity index (χ3v) is 4.41. The molecule has 0 aromatic heterocycles. The van der Waals surface area contributed by atoms with Crippen molar-refractivity contribution in [1.29, 1.82) is 0 Å². The Morgan fingerprint density at radius 2 is 1.96 bits per heavy atom. The van der Waals surface area contributed by atoms with Gasteiger partial charge in [0.05, 0.1) is 18.1 Å². The first-order chi connectivity index (χ1) is 12.0. The maximum absolute atomic E-state index is 11.0.